The predicted molar refractivity (Wildman–Crippen MR) is 99.3 cm³/mol. The van der Waals surface area contributed by atoms with E-state index in [1.54, 1.807) is 20.3 Å². The number of nitrogens with zero attached hydrogens (tertiary/aromatic N) is 4. The third-order valence-electron chi connectivity index (χ3n) is 5.00. The molecule has 2 saturated heterocycles. The first-order chi connectivity index (χ1) is 12.5. The van der Waals surface area contributed by atoms with Gasteiger partial charge in [-0.3, -0.25) is 14.0 Å². The predicted octanol–water partition coefficient (Wildman–Crippen LogP) is 1.14. The minimum absolute atomic E-state index is 0.0158. The van der Waals surface area contributed by atoms with Gasteiger partial charge in [0.05, 0.1) is 17.0 Å². The summed E-state index contributed by atoms with van der Waals surface area (Å²) in [6.07, 6.45) is 4.47. The number of thioether (sulfide) groups is 1. The zero-order chi connectivity index (χ0) is 18.3. The molecule has 2 amide bonds. The van der Waals surface area contributed by atoms with Crippen molar-refractivity contribution in [3.05, 3.63) is 36.3 Å². The van der Waals surface area contributed by atoms with Gasteiger partial charge < -0.3 is 14.5 Å². The van der Waals surface area contributed by atoms with Gasteiger partial charge in [0, 0.05) is 39.1 Å². The summed E-state index contributed by atoms with van der Waals surface area (Å²) in [5.74, 6) is 0.870. The number of hydrogen-bond donors (Lipinski definition) is 0. The van der Waals surface area contributed by atoms with Crippen molar-refractivity contribution in [2.45, 2.75) is 17.3 Å². The van der Waals surface area contributed by atoms with Crippen LogP contribution in [0, 0.1) is 0 Å². The summed E-state index contributed by atoms with van der Waals surface area (Å²) in [5.41, 5.74) is 1.38. The van der Waals surface area contributed by atoms with Crippen molar-refractivity contribution in [3.8, 4) is 0 Å². The summed E-state index contributed by atoms with van der Waals surface area (Å²) < 4.78 is 7.65. The Morgan fingerprint density at radius 1 is 1.38 bits per heavy atom. The van der Waals surface area contributed by atoms with Gasteiger partial charge >= 0.3 is 0 Å². The molecular formula is C18H22N4O3S. The molecule has 4 heterocycles. The van der Waals surface area contributed by atoms with E-state index in [1.165, 1.54) is 4.90 Å². The Morgan fingerprint density at radius 3 is 2.96 bits per heavy atom. The molecule has 0 unspecified atom stereocenters. The van der Waals surface area contributed by atoms with Gasteiger partial charge in [-0.05, 0) is 18.6 Å². The molecule has 2 aliphatic rings. The zero-order valence-electron chi connectivity index (χ0n) is 14.9. The van der Waals surface area contributed by atoms with Crippen LogP contribution in [-0.4, -0.2) is 81.4 Å². The molecule has 0 aromatic carbocycles. The molecular weight excluding hydrogens is 352 g/mol. The van der Waals surface area contributed by atoms with Gasteiger partial charge in [0.15, 0.2) is 0 Å². The number of pyridine rings is 1. The van der Waals surface area contributed by atoms with E-state index >= 15 is 0 Å². The smallest absolute Gasteiger partial charge is 0.272 e. The number of fused-ring (bicyclic) bond motifs is 1. The highest BCUT2D eigenvalue weighted by Gasteiger charge is 2.51. The maximum absolute atomic E-state index is 12.8. The Hall–Kier alpha value is -2.06. The molecule has 4 rings (SSSR count). The fraction of sp³-hybridized carbons (Fsp3) is 0.500. The van der Waals surface area contributed by atoms with Crippen molar-refractivity contribution < 1.29 is 14.3 Å². The molecule has 0 N–H and O–H groups in total. The van der Waals surface area contributed by atoms with Crippen LogP contribution in [-0.2, 0) is 9.53 Å². The van der Waals surface area contributed by atoms with Crippen molar-refractivity contribution in [1.29, 1.82) is 0 Å². The number of ether oxygens (including phenoxy) is 1. The number of aromatic nitrogens is 2. The van der Waals surface area contributed by atoms with Crippen LogP contribution in [0.15, 0.2) is 30.6 Å². The lowest BCUT2D eigenvalue weighted by Gasteiger charge is -2.47. The maximum Gasteiger partial charge on any atom is 0.272 e. The molecule has 138 valence electrons. The highest BCUT2D eigenvalue weighted by atomic mass is 32.2. The lowest BCUT2D eigenvalue weighted by atomic mass is 9.92. The number of carbonyl (C=O) groups is 2. The third kappa shape index (κ3) is 3.07. The van der Waals surface area contributed by atoms with Crippen LogP contribution in [0.5, 0.6) is 0 Å². The van der Waals surface area contributed by atoms with E-state index < -0.39 is 0 Å². The van der Waals surface area contributed by atoms with Crippen LogP contribution < -0.4 is 0 Å². The number of likely N-dealkylation sites (N-methyl/N-ethyl adjacent to an activating group) is 1. The van der Waals surface area contributed by atoms with Crippen molar-refractivity contribution in [1.82, 2.24) is 19.2 Å². The standard InChI is InChI=1S/C18H22N4O3S/c1-20(2)16(23)9-25-13-7-18(26-10-13)11-21(12-18)17(24)14-8-19-15-5-3-4-6-22(14)15/h3-6,8,13H,7,9-12H2,1-2H3/t13-/m1/s1. The van der Waals surface area contributed by atoms with Crippen LogP contribution in [0.2, 0.25) is 0 Å². The number of rotatable bonds is 4. The van der Waals surface area contributed by atoms with Gasteiger partial charge in [0.1, 0.15) is 17.9 Å². The van der Waals surface area contributed by atoms with E-state index in [0.717, 1.165) is 30.9 Å². The highest BCUT2D eigenvalue weighted by molar-refractivity contribution is 8.01. The summed E-state index contributed by atoms with van der Waals surface area (Å²) in [6.45, 7) is 1.56. The first kappa shape index (κ1) is 17.4. The Kier molecular flexibility index (Phi) is 4.40. The lowest BCUT2D eigenvalue weighted by Crippen LogP contribution is -2.60. The minimum atomic E-state index is -0.0195. The first-order valence-corrected chi connectivity index (χ1v) is 9.63. The molecule has 0 radical (unpaired) electrons. The second-order valence-electron chi connectivity index (χ2n) is 7.15. The largest absolute Gasteiger partial charge is 0.367 e. The summed E-state index contributed by atoms with van der Waals surface area (Å²) in [4.78, 5) is 32.1. The van der Waals surface area contributed by atoms with Crippen molar-refractivity contribution >= 4 is 29.2 Å². The number of imidazole rings is 1. The summed E-state index contributed by atoms with van der Waals surface area (Å²) in [6, 6.07) is 5.69. The van der Waals surface area contributed by atoms with E-state index in [1.807, 2.05) is 45.5 Å². The first-order valence-electron chi connectivity index (χ1n) is 8.64. The molecule has 2 aromatic heterocycles. The molecule has 8 heteroatoms. The molecule has 0 aliphatic carbocycles. The van der Waals surface area contributed by atoms with Crippen LogP contribution in [0.1, 0.15) is 16.9 Å². The van der Waals surface area contributed by atoms with Crippen LogP contribution in [0.25, 0.3) is 5.65 Å². The quantitative estimate of drug-likeness (QED) is 0.803. The Labute approximate surface area is 156 Å². The fourth-order valence-electron chi connectivity index (χ4n) is 3.49. The molecule has 7 nitrogen and oxygen atoms in total. The second-order valence-corrected chi connectivity index (χ2v) is 8.64. The third-order valence-corrected chi connectivity index (χ3v) is 6.57. The molecule has 1 atom stereocenters. The zero-order valence-corrected chi connectivity index (χ0v) is 15.7. The van der Waals surface area contributed by atoms with Gasteiger partial charge in [-0.15, -0.1) is 11.8 Å². The van der Waals surface area contributed by atoms with Crippen molar-refractivity contribution in [2.24, 2.45) is 0 Å². The molecule has 0 saturated carbocycles. The van der Waals surface area contributed by atoms with E-state index in [-0.39, 0.29) is 29.3 Å². The van der Waals surface area contributed by atoms with Crippen molar-refractivity contribution in [3.63, 3.8) is 0 Å². The lowest BCUT2D eigenvalue weighted by molar-refractivity contribution is -0.135. The van der Waals surface area contributed by atoms with Gasteiger partial charge in [0.25, 0.3) is 5.91 Å². The van der Waals surface area contributed by atoms with E-state index in [0.29, 0.717) is 5.69 Å². The van der Waals surface area contributed by atoms with Crippen LogP contribution >= 0.6 is 11.8 Å². The van der Waals surface area contributed by atoms with E-state index in [9.17, 15) is 9.59 Å². The Bertz CT molecular complexity index is 844. The molecule has 2 fully saturated rings. The second kappa shape index (κ2) is 6.59. The molecule has 2 aromatic rings. The van der Waals surface area contributed by atoms with Gasteiger partial charge in [-0.2, -0.15) is 0 Å². The summed E-state index contributed by atoms with van der Waals surface area (Å²) in [5, 5.41) is 0. The van der Waals surface area contributed by atoms with Crippen molar-refractivity contribution in [2.75, 3.05) is 39.5 Å². The number of carbonyl (C=O) groups excluding carboxylic acids is 2. The van der Waals surface area contributed by atoms with E-state index in [4.69, 9.17) is 4.74 Å². The van der Waals surface area contributed by atoms with Gasteiger partial charge in [-0.25, -0.2) is 4.98 Å². The fourth-order valence-corrected chi connectivity index (χ4v) is 5.05. The van der Waals surface area contributed by atoms with E-state index in [2.05, 4.69) is 4.98 Å². The summed E-state index contributed by atoms with van der Waals surface area (Å²) >= 11 is 1.86. The topological polar surface area (TPSA) is 67.2 Å². The Balaban J connectivity index is 1.34. The monoisotopic (exact) mass is 374 g/mol. The summed E-state index contributed by atoms with van der Waals surface area (Å²) in [7, 11) is 3.46. The Morgan fingerprint density at radius 2 is 2.19 bits per heavy atom. The molecule has 0 bridgehead atoms. The highest BCUT2D eigenvalue weighted by Crippen LogP contribution is 2.46. The normalized spacial score (nSPS) is 21.2. The minimum Gasteiger partial charge on any atom is -0.367 e. The van der Waals surface area contributed by atoms with Crippen LogP contribution in [0.4, 0.5) is 0 Å². The van der Waals surface area contributed by atoms with Gasteiger partial charge in [-0.1, -0.05) is 6.07 Å². The molecule has 26 heavy (non-hydrogen) atoms. The number of likely N-dealkylation sites (tertiary alicyclic amines) is 1. The van der Waals surface area contributed by atoms with Gasteiger partial charge in [0.2, 0.25) is 5.91 Å². The number of hydrogen-bond acceptors (Lipinski definition) is 5. The average Bonchev–Trinajstić information content (AvgIpc) is 3.22. The molecule has 2 aliphatic heterocycles. The van der Waals surface area contributed by atoms with Crippen LogP contribution in [0.3, 0.4) is 0 Å². The SMILES string of the molecule is CN(C)C(=O)CO[C@H]1CSC2(C1)CN(C(=O)c1cnc3ccccn13)C2. The number of amides is 2. The maximum atomic E-state index is 12.8. The average molecular weight is 374 g/mol. The molecule has 1 spiro atoms.